The third-order valence-corrected chi connectivity index (χ3v) is 4.18. The van der Waals surface area contributed by atoms with E-state index in [1.807, 2.05) is 6.92 Å². The average molecular weight is 349 g/mol. The highest BCUT2D eigenvalue weighted by Crippen LogP contribution is 2.26. The van der Waals surface area contributed by atoms with Crippen molar-refractivity contribution in [3.05, 3.63) is 34.4 Å². The fourth-order valence-corrected chi connectivity index (χ4v) is 2.74. The number of nitrogens with one attached hydrogen (secondary N) is 1. The van der Waals surface area contributed by atoms with Gasteiger partial charge in [0.1, 0.15) is 0 Å². The number of likely N-dealkylation sites (tertiary alicyclic amines) is 1. The molecule has 1 aromatic rings. The molecule has 0 bridgehead atoms. The van der Waals surface area contributed by atoms with Crippen LogP contribution in [0, 0.1) is 16.0 Å². The van der Waals surface area contributed by atoms with Crippen LogP contribution in [0.15, 0.2) is 24.3 Å². The van der Waals surface area contributed by atoms with E-state index in [4.69, 9.17) is 4.74 Å². The number of rotatable bonds is 7. The lowest BCUT2D eigenvalue weighted by Crippen LogP contribution is -2.44. The number of amides is 2. The summed E-state index contributed by atoms with van der Waals surface area (Å²) in [6, 6.07) is 5.96. The first-order chi connectivity index (χ1) is 12.0. The molecule has 1 aromatic carbocycles. The molecule has 2 rings (SSSR count). The molecule has 136 valence electrons. The van der Waals surface area contributed by atoms with Crippen molar-refractivity contribution in [2.75, 3.05) is 26.2 Å². The van der Waals surface area contributed by atoms with Gasteiger partial charge in [0.25, 0.3) is 5.91 Å². The third kappa shape index (κ3) is 5.17. The molecule has 25 heavy (non-hydrogen) atoms. The van der Waals surface area contributed by atoms with E-state index in [1.54, 1.807) is 17.0 Å². The Balaban J connectivity index is 1.81. The zero-order chi connectivity index (χ0) is 18.2. The zero-order valence-corrected chi connectivity index (χ0v) is 14.3. The second-order valence-electron chi connectivity index (χ2n) is 5.96. The summed E-state index contributed by atoms with van der Waals surface area (Å²) in [5.41, 5.74) is -0.165. The number of para-hydroxylation sites is 2. The van der Waals surface area contributed by atoms with Crippen LogP contribution in [0.4, 0.5) is 5.69 Å². The highest BCUT2D eigenvalue weighted by atomic mass is 16.6. The second kappa shape index (κ2) is 9.00. The number of ether oxygens (including phenoxy) is 1. The van der Waals surface area contributed by atoms with Gasteiger partial charge in [0.15, 0.2) is 12.4 Å². The van der Waals surface area contributed by atoms with Gasteiger partial charge in [-0.25, -0.2) is 0 Å². The summed E-state index contributed by atoms with van der Waals surface area (Å²) in [5, 5.41) is 13.8. The van der Waals surface area contributed by atoms with Crippen molar-refractivity contribution < 1.29 is 19.2 Å². The molecule has 1 saturated heterocycles. The van der Waals surface area contributed by atoms with Gasteiger partial charge < -0.3 is 15.0 Å². The maximum atomic E-state index is 12.2. The van der Waals surface area contributed by atoms with Crippen LogP contribution in [-0.4, -0.2) is 47.9 Å². The van der Waals surface area contributed by atoms with Crippen LogP contribution < -0.4 is 10.1 Å². The van der Waals surface area contributed by atoms with E-state index >= 15 is 0 Å². The van der Waals surface area contributed by atoms with Crippen molar-refractivity contribution in [1.82, 2.24) is 10.2 Å². The first-order valence-electron chi connectivity index (χ1n) is 8.44. The van der Waals surface area contributed by atoms with Gasteiger partial charge in [-0.15, -0.1) is 0 Å². The number of piperidine rings is 1. The number of hydrogen-bond acceptors (Lipinski definition) is 5. The van der Waals surface area contributed by atoms with Crippen LogP contribution in [-0.2, 0) is 9.59 Å². The minimum absolute atomic E-state index is 0.0464. The summed E-state index contributed by atoms with van der Waals surface area (Å²) in [6.07, 6.45) is 2.13. The van der Waals surface area contributed by atoms with Crippen LogP contribution in [0.25, 0.3) is 0 Å². The van der Waals surface area contributed by atoms with Crippen molar-refractivity contribution >= 4 is 17.5 Å². The van der Waals surface area contributed by atoms with Crippen molar-refractivity contribution in [3.63, 3.8) is 0 Å². The summed E-state index contributed by atoms with van der Waals surface area (Å²) in [7, 11) is 0. The molecule has 1 fully saturated rings. The largest absolute Gasteiger partial charge is 0.477 e. The zero-order valence-electron chi connectivity index (χ0n) is 14.3. The van der Waals surface area contributed by atoms with Crippen LogP contribution in [0.5, 0.6) is 5.75 Å². The Hall–Kier alpha value is -2.64. The number of hydrogen-bond donors (Lipinski definition) is 1. The van der Waals surface area contributed by atoms with Crippen LogP contribution in [0.2, 0.25) is 0 Å². The van der Waals surface area contributed by atoms with Gasteiger partial charge >= 0.3 is 5.69 Å². The molecular weight excluding hydrogens is 326 g/mol. The van der Waals surface area contributed by atoms with Crippen molar-refractivity contribution in [3.8, 4) is 5.75 Å². The van der Waals surface area contributed by atoms with E-state index in [2.05, 4.69) is 5.32 Å². The highest BCUT2D eigenvalue weighted by molar-refractivity contribution is 5.80. The van der Waals surface area contributed by atoms with E-state index in [0.717, 1.165) is 6.42 Å². The minimum atomic E-state index is -0.541. The lowest BCUT2D eigenvalue weighted by atomic mass is 9.96. The van der Waals surface area contributed by atoms with Crippen molar-refractivity contribution in [1.29, 1.82) is 0 Å². The first kappa shape index (κ1) is 18.7. The molecule has 0 unspecified atom stereocenters. The molecule has 2 amide bonds. The SMILES string of the molecule is CCCNC(=O)C1CCN(C(=O)COc2ccccc2[N+](=O)[O-])CC1. The van der Waals surface area contributed by atoms with Gasteiger partial charge in [0, 0.05) is 31.6 Å². The smallest absolute Gasteiger partial charge is 0.310 e. The number of carbonyl (C=O) groups is 2. The molecule has 0 spiro atoms. The van der Waals surface area contributed by atoms with E-state index in [0.29, 0.717) is 32.5 Å². The minimum Gasteiger partial charge on any atom is -0.477 e. The van der Waals surface area contributed by atoms with Crippen molar-refractivity contribution in [2.24, 2.45) is 5.92 Å². The fourth-order valence-electron chi connectivity index (χ4n) is 2.74. The fraction of sp³-hybridized carbons (Fsp3) is 0.529. The standard InChI is InChI=1S/C17H23N3O5/c1-2-9-18-17(22)13-7-10-19(11-8-13)16(21)12-25-15-6-4-3-5-14(15)20(23)24/h3-6,13H,2,7-12H2,1H3,(H,18,22). The van der Waals surface area contributed by atoms with E-state index in [-0.39, 0.29) is 35.8 Å². The Morgan fingerprint density at radius 1 is 1.32 bits per heavy atom. The number of nitrogens with zero attached hydrogens (tertiary/aromatic N) is 2. The highest BCUT2D eigenvalue weighted by Gasteiger charge is 2.27. The van der Waals surface area contributed by atoms with Crippen LogP contribution >= 0.6 is 0 Å². The quantitative estimate of drug-likeness (QED) is 0.597. The van der Waals surface area contributed by atoms with Crippen molar-refractivity contribution in [2.45, 2.75) is 26.2 Å². The summed E-state index contributed by atoms with van der Waals surface area (Å²) in [5.74, 6) is -0.169. The lowest BCUT2D eigenvalue weighted by Gasteiger charge is -2.31. The number of carbonyl (C=O) groups excluding carboxylic acids is 2. The predicted octanol–water partition coefficient (Wildman–Crippen LogP) is 1.74. The monoisotopic (exact) mass is 349 g/mol. The second-order valence-corrected chi connectivity index (χ2v) is 5.96. The van der Waals surface area contributed by atoms with Gasteiger partial charge in [-0.3, -0.25) is 19.7 Å². The molecule has 0 saturated carbocycles. The van der Waals surface area contributed by atoms with Crippen LogP contribution in [0.3, 0.4) is 0 Å². The third-order valence-electron chi connectivity index (χ3n) is 4.18. The van der Waals surface area contributed by atoms with Gasteiger partial charge in [0.2, 0.25) is 5.91 Å². The summed E-state index contributed by atoms with van der Waals surface area (Å²) < 4.78 is 5.33. The molecule has 1 heterocycles. The van der Waals surface area contributed by atoms with Crippen LogP contribution in [0.1, 0.15) is 26.2 Å². The Labute approximate surface area is 146 Å². The Morgan fingerprint density at radius 3 is 2.64 bits per heavy atom. The molecule has 8 heteroatoms. The average Bonchev–Trinajstić information content (AvgIpc) is 2.64. The predicted molar refractivity (Wildman–Crippen MR) is 91.2 cm³/mol. The molecule has 8 nitrogen and oxygen atoms in total. The summed E-state index contributed by atoms with van der Waals surface area (Å²) in [6.45, 7) is 3.39. The Morgan fingerprint density at radius 2 is 2.00 bits per heavy atom. The van der Waals surface area contributed by atoms with Gasteiger partial charge in [-0.1, -0.05) is 19.1 Å². The molecule has 0 atom stereocenters. The van der Waals surface area contributed by atoms with E-state index < -0.39 is 4.92 Å². The molecule has 1 aliphatic heterocycles. The molecular formula is C17H23N3O5. The molecule has 0 aromatic heterocycles. The maximum absolute atomic E-state index is 12.2. The van der Waals surface area contributed by atoms with Gasteiger partial charge in [0.05, 0.1) is 4.92 Å². The molecule has 1 N–H and O–H groups in total. The number of nitro benzene ring substituents is 1. The number of nitro groups is 1. The maximum Gasteiger partial charge on any atom is 0.310 e. The van der Waals surface area contributed by atoms with E-state index in [9.17, 15) is 19.7 Å². The van der Waals surface area contributed by atoms with Gasteiger partial charge in [-0.2, -0.15) is 0 Å². The van der Waals surface area contributed by atoms with Gasteiger partial charge in [-0.05, 0) is 25.3 Å². The summed E-state index contributed by atoms with van der Waals surface area (Å²) >= 11 is 0. The molecule has 0 radical (unpaired) electrons. The van der Waals surface area contributed by atoms with E-state index in [1.165, 1.54) is 12.1 Å². The normalized spacial score (nSPS) is 14.8. The Kier molecular flexibility index (Phi) is 6.73. The lowest BCUT2D eigenvalue weighted by molar-refractivity contribution is -0.385. The topological polar surface area (TPSA) is 102 Å². The molecule has 0 aliphatic carbocycles. The number of benzene rings is 1. The Bertz CT molecular complexity index is 626. The molecule has 1 aliphatic rings. The first-order valence-corrected chi connectivity index (χ1v) is 8.44. The summed E-state index contributed by atoms with van der Waals surface area (Å²) in [4.78, 5) is 36.2.